The van der Waals surface area contributed by atoms with Gasteiger partial charge in [0.05, 0.1) is 17.9 Å². The summed E-state index contributed by atoms with van der Waals surface area (Å²) in [5.74, 6) is -0.881. The average Bonchev–Trinajstić information content (AvgIpc) is 2.80. The van der Waals surface area contributed by atoms with Gasteiger partial charge in [-0.25, -0.2) is 4.79 Å². The molecule has 8 nitrogen and oxygen atoms in total. The van der Waals surface area contributed by atoms with E-state index < -0.39 is 23.8 Å². The highest BCUT2D eigenvalue weighted by Crippen LogP contribution is 2.43. The molecule has 2 heterocycles. The van der Waals surface area contributed by atoms with Crippen LogP contribution in [0.1, 0.15) is 40.9 Å². The van der Waals surface area contributed by atoms with E-state index in [1.807, 2.05) is 19.1 Å². The quantitative estimate of drug-likeness (QED) is 0.496. The number of aromatic nitrogens is 2. The van der Waals surface area contributed by atoms with E-state index in [0.29, 0.717) is 24.2 Å². The third-order valence-corrected chi connectivity index (χ3v) is 5.73. The number of phenols is 1. The highest BCUT2D eigenvalue weighted by atomic mass is 16.5. The Morgan fingerprint density at radius 2 is 1.97 bits per heavy atom. The molecule has 31 heavy (non-hydrogen) atoms. The number of carbonyl (C=O) groups is 1. The molecule has 0 amide bonds. The summed E-state index contributed by atoms with van der Waals surface area (Å²) in [6.45, 7) is 2.46. The van der Waals surface area contributed by atoms with Crippen LogP contribution in [0.15, 0.2) is 60.8 Å². The topological polar surface area (TPSA) is 131 Å². The Bertz CT molecular complexity index is 1090. The number of nitrogens with one attached hydrogen (secondary N) is 1. The molecular formula is C23H24N4O4. The van der Waals surface area contributed by atoms with E-state index in [4.69, 9.17) is 15.6 Å². The van der Waals surface area contributed by atoms with Gasteiger partial charge in [0.1, 0.15) is 23.1 Å². The second-order valence-corrected chi connectivity index (χ2v) is 7.53. The molecule has 1 aromatic heterocycles. The van der Waals surface area contributed by atoms with Gasteiger partial charge in [-0.2, -0.15) is 5.10 Å². The maximum Gasteiger partial charge on any atom is 0.335 e. The van der Waals surface area contributed by atoms with E-state index >= 15 is 0 Å². The van der Waals surface area contributed by atoms with Gasteiger partial charge in [0.2, 0.25) is 0 Å². The van der Waals surface area contributed by atoms with Gasteiger partial charge in [0.25, 0.3) is 0 Å². The van der Waals surface area contributed by atoms with Crippen molar-refractivity contribution in [1.82, 2.24) is 15.5 Å². The molecule has 5 N–H and O–H groups in total. The third kappa shape index (κ3) is 3.88. The Labute approximate surface area is 179 Å². The number of aromatic carboxylic acids is 1. The molecule has 8 heteroatoms. The fourth-order valence-corrected chi connectivity index (χ4v) is 3.97. The first-order chi connectivity index (χ1) is 14.9. The van der Waals surface area contributed by atoms with Crippen LogP contribution in [0.3, 0.4) is 0 Å². The lowest BCUT2D eigenvalue weighted by atomic mass is 9.85. The number of benzene rings is 2. The summed E-state index contributed by atoms with van der Waals surface area (Å²) in [7, 11) is 0. The predicted molar refractivity (Wildman–Crippen MR) is 114 cm³/mol. The highest BCUT2D eigenvalue weighted by molar-refractivity contribution is 5.87. The van der Waals surface area contributed by atoms with Crippen molar-refractivity contribution >= 4 is 5.97 Å². The zero-order valence-electron chi connectivity index (χ0n) is 17.0. The van der Waals surface area contributed by atoms with Crippen molar-refractivity contribution in [3.8, 4) is 17.0 Å². The van der Waals surface area contributed by atoms with Crippen LogP contribution in [-0.4, -0.2) is 39.1 Å². The lowest BCUT2D eigenvalue weighted by Crippen LogP contribution is -2.57. The molecule has 1 saturated heterocycles. The molecule has 160 valence electrons. The van der Waals surface area contributed by atoms with E-state index in [0.717, 1.165) is 11.1 Å². The Kier molecular flexibility index (Phi) is 5.69. The molecule has 0 radical (unpaired) electrons. The number of carboxylic acids is 1. The Hall–Kier alpha value is -3.33. The first kappa shape index (κ1) is 20.9. The van der Waals surface area contributed by atoms with Gasteiger partial charge in [-0.15, -0.1) is 5.10 Å². The molecule has 0 aliphatic carbocycles. The van der Waals surface area contributed by atoms with Gasteiger partial charge < -0.3 is 20.7 Å². The zero-order chi connectivity index (χ0) is 22.0. The first-order valence-electron chi connectivity index (χ1n) is 10.1. The summed E-state index contributed by atoms with van der Waals surface area (Å²) in [5, 5.41) is 31.2. The van der Waals surface area contributed by atoms with Crippen molar-refractivity contribution in [3.05, 3.63) is 77.5 Å². The Morgan fingerprint density at radius 1 is 1.23 bits per heavy atom. The minimum atomic E-state index is -0.989. The lowest BCUT2D eigenvalue weighted by Gasteiger charge is -2.45. The van der Waals surface area contributed by atoms with Crippen LogP contribution in [0.25, 0.3) is 11.3 Å². The van der Waals surface area contributed by atoms with Crippen LogP contribution in [-0.2, 0) is 10.3 Å². The van der Waals surface area contributed by atoms with Gasteiger partial charge in [-0.1, -0.05) is 31.2 Å². The van der Waals surface area contributed by atoms with Gasteiger partial charge in [-0.3, -0.25) is 5.32 Å². The summed E-state index contributed by atoms with van der Waals surface area (Å²) < 4.78 is 6.63. The number of hydrogen-bond acceptors (Lipinski definition) is 7. The van der Waals surface area contributed by atoms with Crippen molar-refractivity contribution in [2.45, 2.75) is 31.2 Å². The van der Waals surface area contributed by atoms with E-state index in [2.05, 4.69) is 15.5 Å². The molecule has 0 spiro atoms. The summed E-state index contributed by atoms with van der Waals surface area (Å²) in [5.41, 5.74) is 8.41. The standard InChI is InChI=1S/C23H24N4O4/c1-2-23(17-11-12-26-27-19(17)16-5-3-4-6-18(16)28)13-25-21(24)20(31-23)14-7-9-15(10-8-14)22(29)30/h3-12,20-21,25,28H,2,13,24H2,1H3,(H,29,30). The molecule has 1 fully saturated rings. The van der Waals surface area contributed by atoms with Gasteiger partial charge in [0, 0.05) is 17.7 Å². The predicted octanol–water partition coefficient (Wildman–Crippen LogP) is 2.80. The van der Waals surface area contributed by atoms with Crippen molar-refractivity contribution in [3.63, 3.8) is 0 Å². The van der Waals surface area contributed by atoms with Gasteiger partial charge in [0.15, 0.2) is 0 Å². The number of phenolic OH excluding ortho intramolecular Hbond substituents is 1. The van der Waals surface area contributed by atoms with E-state index in [1.54, 1.807) is 36.5 Å². The molecular weight excluding hydrogens is 396 g/mol. The van der Waals surface area contributed by atoms with Crippen molar-refractivity contribution in [2.24, 2.45) is 5.73 Å². The summed E-state index contributed by atoms with van der Waals surface area (Å²) in [6.07, 6.45) is 1.23. The maximum absolute atomic E-state index is 11.2. The highest BCUT2D eigenvalue weighted by Gasteiger charge is 2.43. The molecule has 3 unspecified atom stereocenters. The SMILES string of the molecule is CCC1(c2ccnnc2-c2ccccc2O)CNC(N)C(c2ccc(C(=O)O)cc2)O1. The summed E-state index contributed by atoms with van der Waals surface area (Å²) in [6, 6.07) is 15.3. The first-order valence-corrected chi connectivity index (χ1v) is 10.1. The molecule has 0 bridgehead atoms. The fourth-order valence-electron chi connectivity index (χ4n) is 3.97. The monoisotopic (exact) mass is 420 g/mol. The second kappa shape index (κ2) is 8.43. The number of aromatic hydroxyl groups is 1. The number of nitrogens with two attached hydrogens (primary N) is 1. The Morgan fingerprint density at radius 3 is 2.65 bits per heavy atom. The smallest absolute Gasteiger partial charge is 0.335 e. The van der Waals surface area contributed by atoms with E-state index in [1.165, 1.54) is 12.1 Å². The molecule has 2 aromatic carbocycles. The van der Waals surface area contributed by atoms with Crippen LogP contribution in [0, 0.1) is 0 Å². The molecule has 4 rings (SSSR count). The van der Waals surface area contributed by atoms with Crippen LogP contribution in [0.5, 0.6) is 5.75 Å². The number of ether oxygens (including phenoxy) is 1. The maximum atomic E-state index is 11.2. The molecule has 1 aliphatic heterocycles. The minimum Gasteiger partial charge on any atom is -0.507 e. The van der Waals surface area contributed by atoms with E-state index in [9.17, 15) is 9.90 Å². The van der Waals surface area contributed by atoms with Crippen molar-refractivity contribution in [2.75, 3.05) is 6.54 Å². The average molecular weight is 420 g/mol. The van der Waals surface area contributed by atoms with Crippen molar-refractivity contribution < 1.29 is 19.7 Å². The molecule has 3 atom stereocenters. The molecule has 0 saturated carbocycles. The van der Waals surface area contributed by atoms with Crippen LogP contribution < -0.4 is 11.1 Å². The van der Waals surface area contributed by atoms with Crippen LogP contribution in [0.2, 0.25) is 0 Å². The lowest BCUT2D eigenvalue weighted by molar-refractivity contribution is -0.145. The summed E-state index contributed by atoms with van der Waals surface area (Å²) in [4.78, 5) is 11.2. The Balaban J connectivity index is 1.76. The largest absolute Gasteiger partial charge is 0.507 e. The number of morpholine rings is 1. The number of rotatable bonds is 5. The molecule has 3 aromatic rings. The fraction of sp³-hybridized carbons (Fsp3) is 0.261. The molecule has 1 aliphatic rings. The van der Waals surface area contributed by atoms with Gasteiger partial charge in [-0.05, 0) is 42.3 Å². The van der Waals surface area contributed by atoms with E-state index in [-0.39, 0.29) is 11.3 Å². The zero-order valence-corrected chi connectivity index (χ0v) is 17.0. The van der Waals surface area contributed by atoms with Crippen LogP contribution >= 0.6 is 0 Å². The summed E-state index contributed by atoms with van der Waals surface area (Å²) >= 11 is 0. The number of para-hydroxylation sites is 1. The normalized spacial score (nSPS) is 23.4. The minimum absolute atomic E-state index is 0.108. The van der Waals surface area contributed by atoms with Crippen LogP contribution in [0.4, 0.5) is 0 Å². The second-order valence-electron chi connectivity index (χ2n) is 7.53. The van der Waals surface area contributed by atoms with Crippen molar-refractivity contribution in [1.29, 1.82) is 0 Å². The number of carboxylic acid groups (broad SMARTS) is 1. The van der Waals surface area contributed by atoms with Gasteiger partial charge >= 0.3 is 5.97 Å². The number of nitrogens with zero attached hydrogens (tertiary/aromatic N) is 2. The number of hydrogen-bond donors (Lipinski definition) is 4. The third-order valence-electron chi connectivity index (χ3n) is 5.73.